The molecule has 1 unspecified atom stereocenters. The van der Waals surface area contributed by atoms with Crippen molar-refractivity contribution in [1.82, 2.24) is 15.3 Å². The highest BCUT2D eigenvalue weighted by atomic mass is 19.4. The largest absolute Gasteiger partial charge is 0.416 e. The summed E-state index contributed by atoms with van der Waals surface area (Å²) in [4.78, 5) is 34.5. The molecular formula is C27H21F4N5O3. The Bertz CT molecular complexity index is 1550. The number of hydrogen-bond donors (Lipinski definition) is 3. The predicted octanol–water partition coefficient (Wildman–Crippen LogP) is 5.32. The Morgan fingerprint density at radius 3 is 2.51 bits per heavy atom. The van der Waals surface area contributed by atoms with Crippen molar-refractivity contribution < 1.29 is 31.9 Å². The number of halogens is 4. The molecule has 8 nitrogen and oxygen atoms in total. The van der Waals surface area contributed by atoms with E-state index in [2.05, 4.69) is 25.9 Å². The lowest BCUT2D eigenvalue weighted by Crippen LogP contribution is -2.35. The van der Waals surface area contributed by atoms with Gasteiger partial charge in [0.1, 0.15) is 5.82 Å². The van der Waals surface area contributed by atoms with Crippen LogP contribution in [0.3, 0.4) is 0 Å². The van der Waals surface area contributed by atoms with Crippen molar-refractivity contribution in [3.05, 3.63) is 95.1 Å². The van der Waals surface area contributed by atoms with Crippen LogP contribution in [0.5, 0.6) is 0 Å². The maximum Gasteiger partial charge on any atom is 0.416 e. The van der Waals surface area contributed by atoms with Crippen molar-refractivity contribution in [2.45, 2.75) is 12.2 Å². The van der Waals surface area contributed by atoms with Crippen LogP contribution in [0.15, 0.2) is 66.9 Å². The van der Waals surface area contributed by atoms with Crippen molar-refractivity contribution in [3.8, 4) is 0 Å². The van der Waals surface area contributed by atoms with Crippen molar-refractivity contribution >= 4 is 34.2 Å². The number of morpholine rings is 1. The highest BCUT2D eigenvalue weighted by molar-refractivity contribution is 6.11. The number of carbonyl (C=O) groups is 2. The minimum absolute atomic E-state index is 0.0663. The zero-order chi connectivity index (χ0) is 27.6. The van der Waals surface area contributed by atoms with Gasteiger partial charge in [0.2, 0.25) is 0 Å². The van der Waals surface area contributed by atoms with Crippen LogP contribution in [0, 0.1) is 5.82 Å². The van der Waals surface area contributed by atoms with Gasteiger partial charge in [-0.25, -0.2) is 14.2 Å². The number of urea groups is 1. The number of benzene rings is 3. The third kappa shape index (κ3) is 6.02. The lowest BCUT2D eigenvalue weighted by Gasteiger charge is -2.23. The van der Waals surface area contributed by atoms with Crippen LogP contribution in [0.25, 0.3) is 11.0 Å². The van der Waals surface area contributed by atoms with Crippen molar-refractivity contribution in [1.29, 1.82) is 0 Å². The second kappa shape index (κ2) is 10.8. The van der Waals surface area contributed by atoms with Crippen LogP contribution in [-0.4, -0.2) is 41.5 Å². The molecule has 1 aromatic heterocycles. The average Bonchev–Trinajstić information content (AvgIpc) is 2.93. The first-order valence-corrected chi connectivity index (χ1v) is 11.8. The maximum atomic E-state index is 14.6. The molecule has 5 rings (SSSR count). The Balaban J connectivity index is 1.32. The first-order valence-electron chi connectivity index (χ1n) is 11.8. The fourth-order valence-corrected chi connectivity index (χ4v) is 4.09. The van der Waals surface area contributed by atoms with E-state index in [0.29, 0.717) is 36.5 Å². The van der Waals surface area contributed by atoms with E-state index in [-0.39, 0.29) is 28.5 Å². The summed E-state index contributed by atoms with van der Waals surface area (Å²) < 4.78 is 58.8. The van der Waals surface area contributed by atoms with E-state index in [1.807, 2.05) is 0 Å². The van der Waals surface area contributed by atoms with Gasteiger partial charge >= 0.3 is 12.2 Å². The first-order chi connectivity index (χ1) is 18.7. The third-order valence-corrected chi connectivity index (χ3v) is 6.02. The first kappa shape index (κ1) is 26.2. The highest BCUT2D eigenvalue weighted by Gasteiger charge is 2.30. The number of ether oxygens (including phenoxy) is 1. The molecule has 2 heterocycles. The fourth-order valence-electron chi connectivity index (χ4n) is 4.09. The number of amides is 2. The van der Waals surface area contributed by atoms with Gasteiger partial charge in [0.25, 0.3) is 0 Å². The summed E-state index contributed by atoms with van der Waals surface area (Å²) in [5.41, 5.74) is 0.604. The van der Waals surface area contributed by atoms with E-state index in [4.69, 9.17) is 4.74 Å². The molecular weight excluding hydrogens is 518 g/mol. The lowest BCUT2D eigenvalue weighted by atomic mass is 10.0. The van der Waals surface area contributed by atoms with Gasteiger partial charge < -0.3 is 20.7 Å². The van der Waals surface area contributed by atoms with Crippen LogP contribution in [0.4, 0.5) is 33.7 Å². The van der Waals surface area contributed by atoms with Crippen LogP contribution >= 0.6 is 0 Å². The predicted molar refractivity (Wildman–Crippen MR) is 135 cm³/mol. The van der Waals surface area contributed by atoms with Crippen LogP contribution in [-0.2, 0) is 10.9 Å². The third-order valence-electron chi connectivity index (χ3n) is 6.02. The number of alkyl halides is 3. The molecule has 3 N–H and O–H groups in total. The molecule has 2 amide bonds. The molecule has 1 aliphatic heterocycles. The minimum Gasteiger partial charge on any atom is -0.378 e. The summed E-state index contributed by atoms with van der Waals surface area (Å²) in [6.45, 7) is 1.79. The molecule has 1 aliphatic rings. The maximum absolute atomic E-state index is 14.6. The molecule has 12 heteroatoms. The normalized spacial score (nSPS) is 15.6. The molecule has 1 fully saturated rings. The number of ketones is 1. The highest BCUT2D eigenvalue weighted by Crippen LogP contribution is 2.30. The quantitative estimate of drug-likeness (QED) is 0.234. The monoisotopic (exact) mass is 539 g/mol. The molecule has 0 spiro atoms. The van der Waals surface area contributed by atoms with Crippen molar-refractivity contribution in [2.24, 2.45) is 0 Å². The van der Waals surface area contributed by atoms with E-state index in [1.165, 1.54) is 24.3 Å². The summed E-state index contributed by atoms with van der Waals surface area (Å²) in [6.07, 6.45) is -2.98. The number of rotatable bonds is 5. The van der Waals surface area contributed by atoms with E-state index >= 15 is 0 Å². The van der Waals surface area contributed by atoms with Gasteiger partial charge in [-0.05, 0) is 54.6 Å². The molecule has 0 bridgehead atoms. The second-order valence-electron chi connectivity index (χ2n) is 8.76. The number of carbonyl (C=O) groups excluding carboxylic acids is 2. The molecule has 3 aromatic carbocycles. The van der Waals surface area contributed by atoms with Crippen molar-refractivity contribution in [2.75, 3.05) is 30.4 Å². The van der Waals surface area contributed by atoms with E-state index in [0.717, 1.165) is 30.3 Å². The summed E-state index contributed by atoms with van der Waals surface area (Å²) in [5.74, 6) is -1.46. The topological polar surface area (TPSA) is 105 Å². The number of nitrogens with one attached hydrogen (secondary N) is 3. The van der Waals surface area contributed by atoms with Crippen LogP contribution < -0.4 is 16.0 Å². The zero-order valence-corrected chi connectivity index (χ0v) is 20.2. The molecule has 1 atom stereocenters. The molecule has 1 saturated heterocycles. The Hall–Kier alpha value is -4.42. The summed E-state index contributed by atoms with van der Waals surface area (Å²) in [7, 11) is 0. The van der Waals surface area contributed by atoms with Gasteiger partial charge in [-0.3, -0.25) is 9.78 Å². The fraction of sp³-hybridized carbons (Fsp3) is 0.185. The SMILES string of the molecule is O=C(Nc1cccc(C(F)(F)F)c1)Nc1ccc(F)c(C(=O)c2ccc3nc(C4COCCN4)cnc3c2)c1. The number of fused-ring (bicyclic) bond motifs is 1. The smallest absolute Gasteiger partial charge is 0.378 e. The van der Waals surface area contributed by atoms with Crippen LogP contribution in [0.2, 0.25) is 0 Å². The van der Waals surface area contributed by atoms with Gasteiger partial charge in [-0.1, -0.05) is 6.07 Å². The Kier molecular flexibility index (Phi) is 7.22. The van der Waals surface area contributed by atoms with Crippen molar-refractivity contribution in [3.63, 3.8) is 0 Å². The molecule has 0 saturated carbocycles. The van der Waals surface area contributed by atoms with E-state index in [9.17, 15) is 27.2 Å². The number of aromatic nitrogens is 2. The molecule has 0 radical (unpaired) electrons. The standard InChI is InChI=1S/C27H21F4N5O3/c28-20-6-5-18(35-26(38)34-17-3-1-2-16(11-17)27(29,30)31)12-19(20)25(37)15-4-7-21-22(10-15)33-13-23(36-21)24-14-39-9-8-32-24/h1-7,10-13,24,32H,8-9,14H2,(H2,34,35,38). The molecule has 39 heavy (non-hydrogen) atoms. The van der Waals surface area contributed by atoms with Gasteiger partial charge in [0.05, 0.1) is 53.3 Å². The molecule has 0 aliphatic carbocycles. The number of nitrogens with zero attached hydrogens (tertiary/aromatic N) is 2. The molecule has 4 aromatic rings. The van der Waals surface area contributed by atoms with E-state index < -0.39 is 29.4 Å². The minimum atomic E-state index is -4.57. The van der Waals surface area contributed by atoms with Gasteiger partial charge in [-0.15, -0.1) is 0 Å². The van der Waals surface area contributed by atoms with Crippen LogP contribution in [0.1, 0.15) is 33.2 Å². The Morgan fingerprint density at radius 2 is 1.77 bits per heavy atom. The molecule has 200 valence electrons. The van der Waals surface area contributed by atoms with Gasteiger partial charge in [-0.2, -0.15) is 13.2 Å². The lowest BCUT2D eigenvalue weighted by molar-refractivity contribution is -0.137. The summed E-state index contributed by atoms with van der Waals surface area (Å²) in [5, 5.41) is 7.99. The van der Waals surface area contributed by atoms with Gasteiger partial charge in [0.15, 0.2) is 5.78 Å². The van der Waals surface area contributed by atoms with E-state index in [1.54, 1.807) is 12.3 Å². The average molecular weight is 539 g/mol. The zero-order valence-electron chi connectivity index (χ0n) is 20.2. The Morgan fingerprint density at radius 1 is 0.974 bits per heavy atom. The Labute approximate surface area is 219 Å². The number of anilines is 2. The van der Waals surface area contributed by atoms with Gasteiger partial charge in [0, 0.05) is 23.5 Å². The summed E-state index contributed by atoms with van der Waals surface area (Å²) in [6, 6.07) is 11.2. The second-order valence-corrected chi connectivity index (χ2v) is 8.76. The summed E-state index contributed by atoms with van der Waals surface area (Å²) >= 11 is 0. The number of hydrogen-bond acceptors (Lipinski definition) is 6.